The second kappa shape index (κ2) is 4.20. The molecular weight excluding hydrogens is 256 g/mol. The molecule has 0 saturated heterocycles. The van der Waals surface area contributed by atoms with Crippen LogP contribution in [0.4, 0.5) is 17.1 Å². The Kier molecular flexibility index (Phi) is 3.31. The third-order valence-electron chi connectivity index (χ3n) is 1.55. The number of nitrogens with zero attached hydrogens (tertiary/aromatic N) is 2. The number of rotatable bonds is 3. The lowest BCUT2D eigenvalue weighted by atomic mass is 10.3. The maximum absolute atomic E-state index is 12.3. The number of hydrogen-bond acceptors (Lipinski definition) is 4. The predicted molar refractivity (Wildman–Crippen MR) is 44.8 cm³/mol. The molecule has 0 aliphatic heterocycles. The first-order chi connectivity index (χ1) is 7.32. The van der Waals surface area contributed by atoms with E-state index in [0.29, 0.717) is 0 Å². The topological polar surface area (TPSA) is 64.4 Å². The second-order valence-corrected chi connectivity index (χ2v) is 2.96. The Morgan fingerprint density at radius 3 is 2.44 bits per heavy atom. The summed E-state index contributed by atoms with van der Waals surface area (Å²) in [7, 11) is 0.839. The Labute approximate surface area is 90.4 Å². The smallest absolute Gasteiger partial charge is 0.438 e. The molecule has 1 aromatic rings. The van der Waals surface area contributed by atoms with E-state index in [4.69, 9.17) is 5.11 Å². The standard InChI is InChI=1S/C6H4F4N2O3S/c1-15-3-2(5(13)14)12(16-10)11-4(3)6(7,8)9/h1H3,(H,13,14). The van der Waals surface area contributed by atoms with E-state index in [1.54, 1.807) is 0 Å². The van der Waals surface area contributed by atoms with Crippen LogP contribution in [0.25, 0.3) is 0 Å². The fourth-order valence-electron chi connectivity index (χ4n) is 0.993. The molecule has 0 aromatic carbocycles. The highest BCUT2D eigenvalue weighted by molar-refractivity contribution is 7.92. The normalized spacial score (nSPS) is 11.6. The van der Waals surface area contributed by atoms with E-state index in [1.807, 2.05) is 0 Å². The van der Waals surface area contributed by atoms with Crippen molar-refractivity contribution < 1.29 is 31.7 Å². The van der Waals surface area contributed by atoms with Crippen LogP contribution in [0.15, 0.2) is 0 Å². The van der Waals surface area contributed by atoms with E-state index in [1.165, 1.54) is 0 Å². The highest BCUT2D eigenvalue weighted by Gasteiger charge is 2.42. The van der Waals surface area contributed by atoms with Crippen molar-refractivity contribution in [2.45, 2.75) is 6.18 Å². The molecule has 0 bridgehead atoms. The minimum absolute atomic E-state index is 0.00993. The van der Waals surface area contributed by atoms with Crippen molar-refractivity contribution in [3.63, 3.8) is 0 Å². The van der Waals surface area contributed by atoms with Gasteiger partial charge in [-0.2, -0.15) is 22.4 Å². The van der Waals surface area contributed by atoms with Gasteiger partial charge in [0.05, 0.1) is 7.11 Å². The Bertz CT molecular complexity index is 417. The van der Waals surface area contributed by atoms with Crippen LogP contribution in [0, 0.1) is 0 Å². The quantitative estimate of drug-likeness (QED) is 0.842. The van der Waals surface area contributed by atoms with Crippen LogP contribution >= 0.6 is 12.3 Å². The van der Waals surface area contributed by atoms with E-state index in [0.717, 1.165) is 7.11 Å². The number of ether oxygens (including phenoxy) is 1. The average molecular weight is 260 g/mol. The Hall–Kier alpha value is -1.45. The number of carboxylic acids is 1. The maximum atomic E-state index is 12.3. The summed E-state index contributed by atoms with van der Waals surface area (Å²) in [6, 6.07) is 0. The van der Waals surface area contributed by atoms with Gasteiger partial charge in [-0.3, -0.25) is 0 Å². The molecule has 5 nitrogen and oxygen atoms in total. The second-order valence-electron chi connectivity index (χ2n) is 2.48. The Morgan fingerprint density at radius 1 is 1.56 bits per heavy atom. The summed E-state index contributed by atoms with van der Waals surface area (Å²) >= 11 is -0.765. The summed E-state index contributed by atoms with van der Waals surface area (Å²) in [5.74, 6) is -2.80. The number of methoxy groups -OCH3 is 1. The van der Waals surface area contributed by atoms with Gasteiger partial charge in [-0.05, 0) is 0 Å². The number of halogens is 4. The van der Waals surface area contributed by atoms with Gasteiger partial charge in [0.1, 0.15) is 0 Å². The van der Waals surface area contributed by atoms with E-state index in [-0.39, 0.29) is 4.09 Å². The van der Waals surface area contributed by atoms with Gasteiger partial charge in [0.15, 0.2) is 18.1 Å². The molecule has 0 aliphatic carbocycles. The summed E-state index contributed by atoms with van der Waals surface area (Å²) in [6.07, 6.45) is -4.92. The van der Waals surface area contributed by atoms with Crippen molar-refractivity contribution in [2.75, 3.05) is 7.11 Å². The fourth-order valence-corrected chi connectivity index (χ4v) is 1.34. The molecule has 0 spiro atoms. The van der Waals surface area contributed by atoms with Crippen LogP contribution < -0.4 is 4.74 Å². The van der Waals surface area contributed by atoms with Crippen LogP contribution in [0.3, 0.4) is 0 Å². The van der Waals surface area contributed by atoms with Crippen molar-refractivity contribution in [3.8, 4) is 5.75 Å². The molecule has 0 aliphatic rings. The first kappa shape index (κ1) is 12.6. The van der Waals surface area contributed by atoms with Gasteiger partial charge in [-0.1, -0.05) is 0 Å². The Balaban J connectivity index is 3.48. The summed E-state index contributed by atoms with van der Waals surface area (Å²) in [5, 5.41) is 11.4. The van der Waals surface area contributed by atoms with E-state index in [2.05, 4.69) is 9.84 Å². The lowest BCUT2D eigenvalue weighted by Crippen LogP contribution is -2.08. The molecule has 0 fully saturated rings. The highest BCUT2D eigenvalue weighted by atomic mass is 32.2. The summed E-state index contributed by atoms with van der Waals surface area (Å²) < 4.78 is 53.5. The van der Waals surface area contributed by atoms with Gasteiger partial charge < -0.3 is 9.84 Å². The molecule has 16 heavy (non-hydrogen) atoms. The molecule has 0 unspecified atom stereocenters. The molecule has 90 valence electrons. The molecule has 10 heteroatoms. The molecule has 1 heterocycles. The summed E-state index contributed by atoms with van der Waals surface area (Å²) in [4.78, 5) is 10.6. The van der Waals surface area contributed by atoms with Crippen LogP contribution in [-0.2, 0) is 6.18 Å². The SMILES string of the molecule is COc1c(C(F)(F)F)nn(SF)c1C(=O)O. The first-order valence-corrected chi connectivity index (χ1v) is 4.26. The number of aromatic carboxylic acids is 1. The number of aromatic nitrogens is 2. The number of alkyl halides is 3. The predicted octanol–water partition coefficient (Wildman–Crippen LogP) is 1.99. The fraction of sp³-hybridized carbons (Fsp3) is 0.333. The Morgan fingerprint density at radius 2 is 2.12 bits per heavy atom. The van der Waals surface area contributed by atoms with Crippen molar-refractivity contribution in [2.24, 2.45) is 0 Å². The minimum atomic E-state index is -4.92. The number of carbonyl (C=O) groups is 1. The van der Waals surface area contributed by atoms with Crippen LogP contribution in [0.5, 0.6) is 5.75 Å². The van der Waals surface area contributed by atoms with Crippen LogP contribution in [0.2, 0.25) is 0 Å². The molecule has 0 saturated carbocycles. The molecule has 1 rings (SSSR count). The maximum Gasteiger partial charge on any atom is 0.438 e. The zero-order valence-electron chi connectivity index (χ0n) is 7.58. The molecule has 0 amide bonds. The van der Waals surface area contributed by atoms with Crippen LogP contribution in [-0.4, -0.2) is 27.4 Å². The van der Waals surface area contributed by atoms with E-state index in [9.17, 15) is 21.9 Å². The first-order valence-electron chi connectivity index (χ1n) is 3.59. The molecular formula is C6H4F4N2O3S. The van der Waals surface area contributed by atoms with Crippen molar-refractivity contribution in [1.29, 1.82) is 0 Å². The largest absolute Gasteiger partial charge is 0.492 e. The van der Waals surface area contributed by atoms with E-state index < -0.39 is 41.6 Å². The third-order valence-corrected chi connectivity index (χ3v) is 1.95. The van der Waals surface area contributed by atoms with Gasteiger partial charge in [-0.25, -0.2) is 4.79 Å². The minimum Gasteiger partial charge on any atom is -0.492 e. The summed E-state index contributed by atoms with van der Waals surface area (Å²) in [6.45, 7) is 0. The van der Waals surface area contributed by atoms with Gasteiger partial charge in [0, 0.05) is 0 Å². The van der Waals surface area contributed by atoms with Gasteiger partial charge in [-0.15, -0.1) is 3.89 Å². The lowest BCUT2D eigenvalue weighted by molar-refractivity contribution is -0.142. The van der Waals surface area contributed by atoms with Gasteiger partial charge >= 0.3 is 12.1 Å². The monoisotopic (exact) mass is 260 g/mol. The molecule has 0 radical (unpaired) electrons. The number of hydrogen-bond donors (Lipinski definition) is 1. The van der Waals surface area contributed by atoms with Gasteiger partial charge in [0.2, 0.25) is 11.4 Å². The van der Waals surface area contributed by atoms with Crippen molar-refractivity contribution >= 4 is 18.3 Å². The van der Waals surface area contributed by atoms with Crippen LogP contribution in [0.1, 0.15) is 16.2 Å². The third kappa shape index (κ3) is 2.05. The number of carboxylic acid groups (broad SMARTS) is 1. The van der Waals surface area contributed by atoms with Gasteiger partial charge in [0.25, 0.3) is 0 Å². The highest BCUT2D eigenvalue weighted by Crippen LogP contribution is 2.38. The molecule has 1 N–H and O–H groups in total. The van der Waals surface area contributed by atoms with Crippen molar-refractivity contribution in [3.05, 3.63) is 11.4 Å². The lowest BCUT2D eigenvalue weighted by Gasteiger charge is -2.04. The van der Waals surface area contributed by atoms with E-state index >= 15 is 0 Å². The molecule has 0 atom stereocenters. The zero-order valence-corrected chi connectivity index (χ0v) is 8.39. The zero-order chi connectivity index (χ0) is 12.5. The summed E-state index contributed by atoms with van der Waals surface area (Å²) in [5.41, 5.74) is -2.60. The molecule has 1 aromatic heterocycles. The average Bonchev–Trinajstić information content (AvgIpc) is 2.54. The van der Waals surface area contributed by atoms with Crippen molar-refractivity contribution in [1.82, 2.24) is 9.19 Å².